The molecule has 150 valence electrons. The Morgan fingerprint density at radius 2 is 1.18 bits per heavy atom. The molecule has 28 heavy (non-hydrogen) atoms. The van der Waals surface area contributed by atoms with Gasteiger partial charge in [-0.2, -0.15) is 0 Å². The van der Waals surface area contributed by atoms with Gasteiger partial charge in [0, 0.05) is 6.42 Å². The summed E-state index contributed by atoms with van der Waals surface area (Å²) in [5, 5.41) is 0. The van der Waals surface area contributed by atoms with Crippen LogP contribution in [0.15, 0.2) is 60.7 Å². The first-order valence-corrected chi connectivity index (χ1v) is 10.2. The molecule has 2 aromatic rings. The van der Waals surface area contributed by atoms with Crippen molar-refractivity contribution in [3.05, 3.63) is 71.8 Å². The minimum absolute atomic E-state index is 0.271. The molecule has 0 aliphatic carbocycles. The molecule has 0 aliphatic heterocycles. The molecular weight excluding hydrogens is 352 g/mol. The lowest BCUT2D eigenvalue weighted by Gasteiger charge is -2.24. The maximum atomic E-state index is 12.5. The standard InChI is InChI=1S/C24H30O4/c1-3-5-17-22(28-24(26)20-15-10-7-11-16-20)18-21(12-4-2)27-23(25)19-13-8-6-9-14-19/h6-11,13-16,21-22H,3-5,12,17-18H2,1-2H3. The van der Waals surface area contributed by atoms with Gasteiger partial charge in [0.15, 0.2) is 0 Å². The molecular formula is C24H30O4. The first-order valence-electron chi connectivity index (χ1n) is 10.2. The van der Waals surface area contributed by atoms with Gasteiger partial charge in [0.25, 0.3) is 0 Å². The van der Waals surface area contributed by atoms with Crippen LogP contribution in [0.2, 0.25) is 0 Å². The van der Waals surface area contributed by atoms with Gasteiger partial charge in [-0.25, -0.2) is 9.59 Å². The zero-order valence-electron chi connectivity index (χ0n) is 16.8. The van der Waals surface area contributed by atoms with E-state index in [0.29, 0.717) is 17.5 Å². The number of hydrogen-bond acceptors (Lipinski definition) is 4. The average Bonchev–Trinajstić information content (AvgIpc) is 2.73. The summed E-state index contributed by atoms with van der Waals surface area (Å²) in [6.07, 6.45) is 4.34. The molecule has 0 saturated carbocycles. The van der Waals surface area contributed by atoms with E-state index < -0.39 is 0 Å². The first kappa shape index (κ1) is 21.7. The summed E-state index contributed by atoms with van der Waals surface area (Å²) in [5.74, 6) is -0.658. The topological polar surface area (TPSA) is 52.6 Å². The Kier molecular flexibility index (Phi) is 9.26. The second-order valence-corrected chi connectivity index (χ2v) is 6.95. The quantitative estimate of drug-likeness (QED) is 0.460. The molecule has 0 spiro atoms. The van der Waals surface area contributed by atoms with Crippen LogP contribution < -0.4 is 0 Å². The monoisotopic (exact) mass is 382 g/mol. The third-order valence-corrected chi connectivity index (χ3v) is 4.58. The average molecular weight is 383 g/mol. The van der Waals surface area contributed by atoms with Crippen LogP contribution in [0.5, 0.6) is 0 Å². The molecule has 0 radical (unpaired) electrons. The van der Waals surface area contributed by atoms with Crippen LogP contribution in [0, 0.1) is 0 Å². The van der Waals surface area contributed by atoms with E-state index in [2.05, 4.69) is 13.8 Å². The number of carbonyl (C=O) groups excluding carboxylic acids is 2. The summed E-state index contributed by atoms with van der Waals surface area (Å²) in [5.41, 5.74) is 1.08. The lowest BCUT2D eigenvalue weighted by atomic mass is 10.0. The van der Waals surface area contributed by atoms with E-state index in [1.807, 2.05) is 36.4 Å². The van der Waals surface area contributed by atoms with E-state index in [9.17, 15) is 9.59 Å². The summed E-state index contributed by atoms with van der Waals surface area (Å²) in [6.45, 7) is 4.16. The predicted octanol–water partition coefficient (Wildman–Crippen LogP) is 5.82. The third-order valence-electron chi connectivity index (χ3n) is 4.58. The fraction of sp³-hybridized carbons (Fsp3) is 0.417. The minimum Gasteiger partial charge on any atom is -0.459 e. The maximum Gasteiger partial charge on any atom is 0.338 e. The molecule has 0 amide bonds. The highest BCUT2D eigenvalue weighted by Gasteiger charge is 2.23. The van der Waals surface area contributed by atoms with E-state index in [-0.39, 0.29) is 24.1 Å². The Hall–Kier alpha value is -2.62. The lowest BCUT2D eigenvalue weighted by molar-refractivity contribution is -0.00446. The van der Waals surface area contributed by atoms with Crippen LogP contribution in [-0.2, 0) is 9.47 Å². The van der Waals surface area contributed by atoms with Crippen molar-refractivity contribution in [2.24, 2.45) is 0 Å². The minimum atomic E-state index is -0.331. The number of unbranched alkanes of at least 4 members (excludes halogenated alkanes) is 1. The maximum absolute atomic E-state index is 12.5. The summed E-state index contributed by atoms with van der Waals surface area (Å²) >= 11 is 0. The highest BCUT2D eigenvalue weighted by atomic mass is 16.6. The Bertz CT molecular complexity index is 712. The van der Waals surface area contributed by atoms with Crippen LogP contribution >= 0.6 is 0 Å². The molecule has 2 aromatic carbocycles. The van der Waals surface area contributed by atoms with Crippen molar-refractivity contribution in [1.29, 1.82) is 0 Å². The van der Waals surface area contributed by atoms with Gasteiger partial charge in [-0.15, -0.1) is 0 Å². The van der Waals surface area contributed by atoms with Crippen LogP contribution in [0.4, 0.5) is 0 Å². The van der Waals surface area contributed by atoms with Gasteiger partial charge in [0.05, 0.1) is 11.1 Å². The summed E-state index contributed by atoms with van der Waals surface area (Å²) in [4.78, 5) is 24.9. The van der Waals surface area contributed by atoms with Crippen LogP contribution in [-0.4, -0.2) is 24.1 Å². The van der Waals surface area contributed by atoms with Crippen molar-refractivity contribution in [2.45, 2.75) is 64.6 Å². The van der Waals surface area contributed by atoms with Crippen molar-refractivity contribution in [2.75, 3.05) is 0 Å². The molecule has 0 aliphatic rings. The molecule has 2 rings (SSSR count). The van der Waals surface area contributed by atoms with Crippen molar-refractivity contribution >= 4 is 11.9 Å². The second kappa shape index (κ2) is 12.0. The first-order chi connectivity index (χ1) is 13.6. The number of hydrogen-bond donors (Lipinski definition) is 0. The van der Waals surface area contributed by atoms with Crippen LogP contribution in [0.3, 0.4) is 0 Å². The SMILES string of the molecule is CCCCC(CC(CCC)OC(=O)c1ccccc1)OC(=O)c1ccccc1. The summed E-state index contributed by atoms with van der Waals surface area (Å²) < 4.78 is 11.5. The number of esters is 2. The van der Waals surface area contributed by atoms with E-state index in [4.69, 9.17) is 9.47 Å². The predicted molar refractivity (Wildman–Crippen MR) is 110 cm³/mol. The normalized spacial score (nSPS) is 12.8. The molecule has 0 heterocycles. The zero-order valence-corrected chi connectivity index (χ0v) is 16.8. The van der Waals surface area contributed by atoms with Gasteiger partial charge < -0.3 is 9.47 Å². The van der Waals surface area contributed by atoms with Crippen LogP contribution in [0.1, 0.15) is 73.1 Å². The summed E-state index contributed by atoms with van der Waals surface area (Å²) in [6, 6.07) is 18.0. The van der Waals surface area contributed by atoms with E-state index in [1.165, 1.54) is 0 Å². The number of carbonyl (C=O) groups is 2. The van der Waals surface area contributed by atoms with Gasteiger partial charge in [-0.1, -0.05) is 69.5 Å². The molecule has 4 nitrogen and oxygen atoms in total. The number of ether oxygens (including phenoxy) is 2. The third kappa shape index (κ3) is 7.18. The van der Waals surface area contributed by atoms with Gasteiger partial charge in [0.2, 0.25) is 0 Å². The number of rotatable bonds is 11. The largest absolute Gasteiger partial charge is 0.459 e. The molecule has 2 unspecified atom stereocenters. The molecule has 0 N–H and O–H groups in total. The van der Waals surface area contributed by atoms with Crippen molar-refractivity contribution in [3.63, 3.8) is 0 Å². The molecule has 0 saturated heterocycles. The van der Waals surface area contributed by atoms with E-state index >= 15 is 0 Å². The van der Waals surface area contributed by atoms with Gasteiger partial charge in [-0.05, 0) is 37.1 Å². The Labute approximate surface area is 167 Å². The Morgan fingerprint density at radius 3 is 1.61 bits per heavy atom. The van der Waals surface area contributed by atoms with Gasteiger partial charge in [-0.3, -0.25) is 0 Å². The van der Waals surface area contributed by atoms with Gasteiger partial charge >= 0.3 is 11.9 Å². The second-order valence-electron chi connectivity index (χ2n) is 6.95. The fourth-order valence-corrected chi connectivity index (χ4v) is 3.08. The van der Waals surface area contributed by atoms with Crippen molar-refractivity contribution < 1.29 is 19.1 Å². The highest BCUT2D eigenvalue weighted by molar-refractivity contribution is 5.90. The highest BCUT2D eigenvalue weighted by Crippen LogP contribution is 2.20. The van der Waals surface area contributed by atoms with Crippen molar-refractivity contribution in [1.82, 2.24) is 0 Å². The summed E-state index contributed by atoms with van der Waals surface area (Å²) in [7, 11) is 0. The number of benzene rings is 2. The van der Waals surface area contributed by atoms with E-state index in [0.717, 1.165) is 32.1 Å². The van der Waals surface area contributed by atoms with Gasteiger partial charge in [0.1, 0.15) is 12.2 Å². The molecule has 0 aromatic heterocycles. The van der Waals surface area contributed by atoms with E-state index in [1.54, 1.807) is 24.3 Å². The Balaban J connectivity index is 2.03. The molecule has 2 atom stereocenters. The van der Waals surface area contributed by atoms with Crippen molar-refractivity contribution in [3.8, 4) is 0 Å². The smallest absolute Gasteiger partial charge is 0.338 e. The lowest BCUT2D eigenvalue weighted by Crippen LogP contribution is -2.27. The fourth-order valence-electron chi connectivity index (χ4n) is 3.08. The Morgan fingerprint density at radius 1 is 0.714 bits per heavy atom. The molecule has 0 fully saturated rings. The molecule has 4 heteroatoms. The molecule has 0 bridgehead atoms. The zero-order chi connectivity index (χ0) is 20.2. The van der Waals surface area contributed by atoms with Crippen LogP contribution in [0.25, 0.3) is 0 Å².